The molecule has 2 aromatic rings. The molecule has 6 nitrogen and oxygen atoms in total. The zero-order valence-electron chi connectivity index (χ0n) is 17.8. The smallest absolute Gasteiger partial charge is 0.243 e. The van der Waals surface area contributed by atoms with Gasteiger partial charge < -0.3 is 10.2 Å². The maximum absolute atomic E-state index is 12.9. The Morgan fingerprint density at radius 2 is 1.93 bits per heavy atom. The second-order valence-corrected chi connectivity index (χ2v) is 9.66. The highest BCUT2D eigenvalue weighted by Crippen LogP contribution is 2.24. The first-order valence-corrected chi connectivity index (χ1v) is 12.0. The Labute approximate surface area is 179 Å². The average Bonchev–Trinajstić information content (AvgIpc) is 2.77. The molecule has 7 heteroatoms. The standard InChI is InChI=1S/C23H31N3O3S/c1-3-25(21-11-7-9-19(2)17-21)16-14-24-23(27)20-10-8-15-26(18-20)30(28,29)22-12-5-4-6-13-22/h4-7,9,11-13,17,20H,3,8,10,14-16,18H2,1-2H3,(H,24,27). The number of rotatable bonds is 8. The molecular weight excluding hydrogens is 398 g/mol. The summed E-state index contributed by atoms with van der Waals surface area (Å²) in [5.74, 6) is -0.380. The van der Waals surface area contributed by atoms with Gasteiger partial charge in [0.05, 0.1) is 10.8 Å². The van der Waals surface area contributed by atoms with Gasteiger partial charge in [-0.15, -0.1) is 0 Å². The summed E-state index contributed by atoms with van der Waals surface area (Å²) in [5, 5.41) is 3.01. The SMILES string of the molecule is CCN(CCNC(=O)C1CCCN(S(=O)(=O)c2ccccc2)C1)c1cccc(C)c1. The van der Waals surface area contributed by atoms with E-state index >= 15 is 0 Å². The first-order valence-electron chi connectivity index (χ1n) is 10.6. The van der Waals surface area contributed by atoms with Gasteiger partial charge in [0.15, 0.2) is 0 Å². The summed E-state index contributed by atoms with van der Waals surface area (Å²) in [4.78, 5) is 15.2. The third-order valence-corrected chi connectivity index (χ3v) is 7.44. The van der Waals surface area contributed by atoms with E-state index in [1.807, 2.05) is 6.07 Å². The highest BCUT2D eigenvalue weighted by molar-refractivity contribution is 7.89. The molecule has 0 aromatic heterocycles. The fourth-order valence-electron chi connectivity index (χ4n) is 3.87. The van der Waals surface area contributed by atoms with Gasteiger partial charge >= 0.3 is 0 Å². The summed E-state index contributed by atoms with van der Waals surface area (Å²) in [7, 11) is -3.56. The van der Waals surface area contributed by atoms with E-state index in [4.69, 9.17) is 0 Å². The fourth-order valence-corrected chi connectivity index (χ4v) is 5.41. The zero-order chi connectivity index (χ0) is 21.6. The van der Waals surface area contributed by atoms with Gasteiger partial charge in [0.25, 0.3) is 0 Å². The van der Waals surface area contributed by atoms with Crippen LogP contribution in [-0.2, 0) is 14.8 Å². The Balaban J connectivity index is 1.55. The Kier molecular flexibility index (Phi) is 7.50. The number of sulfonamides is 1. The summed E-state index contributed by atoms with van der Waals surface area (Å²) in [6, 6.07) is 16.7. The summed E-state index contributed by atoms with van der Waals surface area (Å²) in [6.07, 6.45) is 1.40. The van der Waals surface area contributed by atoms with E-state index in [0.717, 1.165) is 12.2 Å². The molecule has 162 valence electrons. The predicted molar refractivity (Wildman–Crippen MR) is 120 cm³/mol. The van der Waals surface area contributed by atoms with Crippen LogP contribution in [0.5, 0.6) is 0 Å². The molecule has 0 radical (unpaired) electrons. The van der Waals surface area contributed by atoms with Crippen LogP contribution in [0.3, 0.4) is 0 Å². The average molecular weight is 430 g/mol. The van der Waals surface area contributed by atoms with E-state index in [1.54, 1.807) is 30.3 Å². The first-order chi connectivity index (χ1) is 14.4. The molecule has 30 heavy (non-hydrogen) atoms. The molecular formula is C23H31N3O3S. The Hall–Kier alpha value is -2.38. The second-order valence-electron chi connectivity index (χ2n) is 7.72. The van der Waals surface area contributed by atoms with Crippen molar-refractivity contribution in [3.63, 3.8) is 0 Å². The van der Waals surface area contributed by atoms with E-state index in [2.05, 4.69) is 42.3 Å². The lowest BCUT2D eigenvalue weighted by Gasteiger charge is -2.31. The van der Waals surface area contributed by atoms with Crippen molar-refractivity contribution in [2.75, 3.05) is 37.6 Å². The molecule has 0 bridgehead atoms. The van der Waals surface area contributed by atoms with Gasteiger partial charge in [-0.1, -0.05) is 30.3 Å². The van der Waals surface area contributed by atoms with Gasteiger partial charge in [-0.3, -0.25) is 4.79 Å². The van der Waals surface area contributed by atoms with Crippen LogP contribution in [0.15, 0.2) is 59.5 Å². The van der Waals surface area contributed by atoms with Crippen molar-refractivity contribution in [1.82, 2.24) is 9.62 Å². The Morgan fingerprint density at radius 1 is 1.17 bits per heavy atom. The second kappa shape index (κ2) is 10.1. The van der Waals surface area contributed by atoms with Gasteiger partial charge in [0.2, 0.25) is 15.9 Å². The monoisotopic (exact) mass is 429 g/mol. The van der Waals surface area contributed by atoms with Crippen molar-refractivity contribution in [3.05, 3.63) is 60.2 Å². The molecule has 1 saturated heterocycles. The highest BCUT2D eigenvalue weighted by atomic mass is 32.2. The summed E-state index contributed by atoms with van der Waals surface area (Å²) >= 11 is 0. The van der Waals surface area contributed by atoms with Gasteiger partial charge in [-0.05, 0) is 56.5 Å². The van der Waals surface area contributed by atoms with E-state index in [-0.39, 0.29) is 23.3 Å². The number of carbonyl (C=O) groups excluding carboxylic acids is 1. The number of piperidine rings is 1. The molecule has 1 N–H and O–H groups in total. The normalized spacial score (nSPS) is 17.5. The van der Waals surface area contributed by atoms with Gasteiger partial charge in [-0.2, -0.15) is 4.31 Å². The quantitative estimate of drug-likeness (QED) is 0.700. The van der Waals surface area contributed by atoms with Crippen molar-refractivity contribution in [1.29, 1.82) is 0 Å². The zero-order valence-corrected chi connectivity index (χ0v) is 18.6. The highest BCUT2D eigenvalue weighted by Gasteiger charge is 2.33. The number of carbonyl (C=O) groups is 1. The van der Waals surface area contributed by atoms with Gasteiger partial charge in [0.1, 0.15) is 0 Å². The van der Waals surface area contributed by atoms with Crippen molar-refractivity contribution in [2.24, 2.45) is 5.92 Å². The largest absolute Gasteiger partial charge is 0.370 e. The minimum Gasteiger partial charge on any atom is -0.370 e. The third-order valence-electron chi connectivity index (χ3n) is 5.57. The lowest BCUT2D eigenvalue weighted by molar-refractivity contribution is -0.126. The third kappa shape index (κ3) is 5.40. The molecule has 2 aromatic carbocycles. The molecule has 3 rings (SSSR count). The van der Waals surface area contributed by atoms with Crippen molar-refractivity contribution >= 4 is 21.6 Å². The number of anilines is 1. The van der Waals surface area contributed by atoms with Crippen LogP contribution in [0.25, 0.3) is 0 Å². The van der Waals surface area contributed by atoms with Crippen LogP contribution in [-0.4, -0.2) is 51.4 Å². The minimum absolute atomic E-state index is 0.0664. The van der Waals surface area contributed by atoms with Crippen LogP contribution in [0, 0.1) is 12.8 Å². The number of likely N-dealkylation sites (N-methyl/N-ethyl adjacent to an activating group) is 1. The van der Waals surface area contributed by atoms with Crippen LogP contribution in [0.4, 0.5) is 5.69 Å². The summed E-state index contributed by atoms with van der Waals surface area (Å²) in [5.41, 5.74) is 2.35. The number of hydrogen-bond donors (Lipinski definition) is 1. The lowest BCUT2D eigenvalue weighted by Crippen LogP contribution is -2.46. The molecule has 0 spiro atoms. The molecule has 0 saturated carbocycles. The lowest BCUT2D eigenvalue weighted by atomic mass is 9.99. The first kappa shape index (κ1) is 22.3. The number of aryl methyl sites for hydroxylation is 1. The molecule has 1 heterocycles. The number of benzene rings is 2. The molecule has 1 aliphatic heterocycles. The van der Waals surface area contributed by atoms with E-state index in [0.29, 0.717) is 32.5 Å². The molecule has 1 amide bonds. The molecule has 1 atom stereocenters. The Morgan fingerprint density at radius 3 is 2.63 bits per heavy atom. The fraction of sp³-hybridized carbons (Fsp3) is 0.435. The van der Waals surface area contributed by atoms with Crippen LogP contribution >= 0.6 is 0 Å². The van der Waals surface area contributed by atoms with Crippen molar-refractivity contribution in [2.45, 2.75) is 31.6 Å². The van der Waals surface area contributed by atoms with Gasteiger partial charge in [0, 0.05) is 38.4 Å². The summed E-state index contributed by atoms with van der Waals surface area (Å²) in [6.45, 7) is 6.95. The minimum atomic E-state index is -3.56. The van der Waals surface area contributed by atoms with Crippen LogP contribution in [0.1, 0.15) is 25.3 Å². The maximum Gasteiger partial charge on any atom is 0.243 e. The maximum atomic E-state index is 12.9. The number of nitrogens with zero attached hydrogens (tertiary/aromatic N) is 2. The van der Waals surface area contributed by atoms with Crippen LogP contribution < -0.4 is 10.2 Å². The van der Waals surface area contributed by atoms with E-state index in [1.165, 1.54) is 9.87 Å². The van der Waals surface area contributed by atoms with E-state index < -0.39 is 10.0 Å². The molecule has 1 fully saturated rings. The summed E-state index contributed by atoms with van der Waals surface area (Å²) < 4.78 is 27.2. The van der Waals surface area contributed by atoms with Gasteiger partial charge in [-0.25, -0.2) is 8.42 Å². The molecule has 0 aliphatic carbocycles. The molecule has 1 unspecified atom stereocenters. The van der Waals surface area contributed by atoms with Crippen molar-refractivity contribution in [3.8, 4) is 0 Å². The van der Waals surface area contributed by atoms with Crippen molar-refractivity contribution < 1.29 is 13.2 Å². The van der Waals surface area contributed by atoms with E-state index in [9.17, 15) is 13.2 Å². The van der Waals surface area contributed by atoms with Crippen LogP contribution in [0.2, 0.25) is 0 Å². The number of nitrogens with one attached hydrogen (secondary N) is 1. The topological polar surface area (TPSA) is 69.7 Å². The predicted octanol–water partition coefficient (Wildman–Crippen LogP) is 3.04. The Bertz CT molecular complexity index is 947. The number of hydrogen-bond acceptors (Lipinski definition) is 4. The number of amides is 1. The molecule has 1 aliphatic rings.